The number of rotatable bonds is 5. The molecule has 0 fully saturated rings. The zero-order valence-corrected chi connectivity index (χ0v) is 17.1. The van der Waals surface area contributed by atoms with Gasteiger partial charge in [-0.25, -0.2) is 12.4 Å². The zero-order chi connectivity index (χ0) is 21.1. The predicted octanol–water partition coefficient (Wildman–Crippen LogP) is 4.84. The van der Waals surface area contributed by atoms with E-state index in [2.05, 4.69) is 5.32 Å². The number of carbonyl (C=O) groups excluding carboxylic acids is 1. The van der Waals surface area contributed by atoms with Crippen LogP contribution < -0.4 is 5.32 Å². The lowest BCUT2D eigenvalue weighted by atomic mass is 10.1. The van der Waals surface area contributed by atoms with Gasteiger partial charge in [-0.1, -0.05) is 42.5 Å². The Morgan fingerprint density at radius 1 is 0.900 bits per heavy atom. The summed E-state index contributed by atoms with van der Waals surface area (Å²) in [5, 5.41) is 3.60. The van der Waals surface area contributed by atoms with Crippen LogP contribution >= 0.6 is 0 Å². The van der Waals surface area contributed by atoms with E-state index in [0.717, 1.165) is 16.5 Å². The first-order valence-corrected chi connectivity index (χ1v) is 10.9. The summed E-state index contributed by atoms with van der Waals surface area (Å²) in [4.78, 5) is 12.3. The fraction of sp³-hybridized carbons (Fsp3) is 0.0417. The van der Waals surface area contributed by atoms with E-state index in [-0.39, 0.29) is 10.8 Å². The lowest BCUT2D eigenvalue weighted by Crippen LogP contribution is -2.12. The maximum atomic E-state index is 13.0. The van der Waals surface area contributed by atoms with E-state index in [4.69, 9.17) is 0 Å². The van der Waals surface area contributed by atoms with Gasteiger partial charge in [-0.15, -0.1) is 0 Å². The van der Waals surface area contributed by atoms with E-state index < -0.39 is 10.0 Å². The van der Waals surface area contributed by atoms with Crippen molar-refractivity contribution in [3.63, 3.8) is 0 Å². The van der Waals surface area contributed by atoms with Gasteiger partial charge in [0.25, 0.3) is 10.0 Å². The molecule has 30 heavy (non-hydrogen) atoms. The van der Waals surface area contributed by atoms with E-state index in [1.165, 1.54) is 22.2 Å². The van der Waals surface area contributed by atoms with Gasteiger partial charge in [0.15, 0.2) is 0 Å². The maximum Gasteiger partial charge on any atom is 0.268 e. The molecule has 0 atom stereocenters. The lowest BCUT2D eigenvalue weighted by Gasteiger charge is -2.09. The van der Waals surface area contributed by atoms with Crippen LogP contribution in [0.3, 0.4) is 0 Å². The van der Waals surface area contributed by atoms with Crippen molar-refractivity contribution >= 4 is 38.6 Å². The molecule has 1 aromatic heterocycles. The molecule has 4 aromatic rings. The number of aryl methyl sites for hydroxylation is 1. The van der Waals surface area contributed by atoms with Crippen LogP contribution in [0.15, 0.2) is 96.0 Å². The Balaban J connectivity index is 1.51. The van der Waals surface area contributed by atoms with Crippen LogP contribution in [-0.2, 0) is 14.8 Å². The van der Waals surface area contributed by atoms with Crippen LogP contribution in [0.25, 0.3) is 17.0 Å². The summed E-state index contributed by atoms with van der Waals surface area (Å²) in [6.07, 6.45) is 4.76. The summed E-state index contributed by atoms with van der Waals surface area (Å²) in [5.41, 5.74) is 3.18. The number of aromatic nitrogens is 1. The third-order valence-corrected chi connectivity index (χ3v) is 6.55. The smallest absolute Gasteiger partial charge is 0.268 e. The first-order valence-electron chi connectivity index (χ1n) is 9.41. The Kier molecular flexibility index (Phi) is 5.25. The number of hydrogen-bond acceptors (Lipinski definition) is 3. The van der Waals surface area contributed by atoms with Crippen molar-refractivity contribution < 1.29 is 13.2 Å². The van der Waals surface area contributed by atoms with Crippen molar-refractivity contribution in [3.05, 3.63) is 102 Å². The van der Waals surface area contributed by atoms with Gasteiger partial charge < -0.3 is 5.32 Å². The largest absolute Gasteiger partial charge is 0.323 e. The van der Waals surface area contributed by atoms with Crippen LogP contribution in [0.1, 0.15) is 11.1 Å². The summed E-state index contributed by atoms with van der Waals surface area (Å²) < 4.78 is 27.3. The second-order valence-corrected chi connectivity index (χ2v) is 8.69. The predicted molar refractivity (Wildman–Crippen MR) is 120 cm³/mol. The summed E-state index contributed by atoms with van der Waals surface area (Å²) in [6.45, 7) is 1.98. The highest BCUT2D eigenvalue weighted by Gasteiger charge is 2.18. The normalized spacial score (nSPS) is 11.8. The van der Waals surface area contributed by atoms with Crippen LogP contribution in [0.4, 0.5) is 5.69 Å². The van der Waals surface area contributed by atoms with Gasteiger partial charge in [-0.05, 0) is 60.5 Å². The molecule has 1 amide bonds. The molecule has 0 unspecified atom stereocenters. The van der Waals surface area contributed by atoms with Crippen molar-refractivity contribution in [3.8, 4) is 0 Å². The van der Waals surface area contributed by atoms with E-state index in [9.17, 15) is 13.2 Å². The molecule has 4 rings (SSSR count). The molecule has 0 bridgehead atoms. The van der Waals surface area contributed by atoms with E-state index >= 15 is 0 Å². The molecule has 0 saturated heterocycles. The minimum absolute atomic E-state index is 0.150. The number of nitrogens with zero attached hydrogens (tertiary/aromatic N) is 1. The van der Waals surface area contributed by atoms with Crippen molar-refractivity contribution in [1.82, 2.24) is 3.97 Å². The molecule has 0 aliphatic carbocycles. The van der Waals surface area contributed by atoms with Crippen molar-refractivity contribution in [2.45, 2.75) is 11.8 Å². The molecule has 1 heterocycles. The van der Waals surface area contributed by atoms with Gasteiger partial charge in [0.05, 0.1) is 10.4 Å². The number of hydrogen-bond donors (Lipinski definition) is 1. The number of amides is 1. The zero-order valence-electron chi connectivity index (χ0n) is 16.3. The van der Waals surface area contributed by atoms with Gasteiger partial charge in [-0.2, -0.15) is 0 Å². The monoisotopic (exact) mass is 416 g/mol. The third-order valence-electron chi connectivity index (χ3n) is 4.85. The molecule has 0 spiro atoms. The average Bonchev–Trinajstić information content (AvgIpc) is 3.19. The summed E-state index contributed by atoms with van der Waals surface area (Å²) >= 11 is 0. The number of fused-ring (bicyclic) bond motifs is 1. The van der Waals surface area contributed by atoms with E-state index in [1.54, 1.807) is 42.6 Å². The molecule has 6 heteroatoms. The number of anilines is 1. The molecular formula is C24H20N2O3S. The maximum absolute atomic E-state index is 13.0. The Morgan fingerprint density at radius 3 is 2.37 bits per heavy atom. The highest BCUT2D eigenvalue weighted by molar-refractivity contribution is 7.90. The standard InChI is InChI=1S/C24H20N2O3S/c1-18-6-2-3-7-19(18)10-15-24(27)25-21-11-13-22(14-12-21)30(28,29)26-17-16-20-8-4-5-9-23(20)26/h2-17H,1H3,(H,25,27). The minimum atomic E-state index is -3.73. The van der Waals surface area contributed by atoms with Crippen molar-refractivity contribution in [2.24, 2.45) is 0 Å². The highest BCUT2D eigenvalue weighted by atomic mass is 32.2. The SMILES string of the molecule is Cc1ccccc1C=CC(=O)Nc1ccc(S(=O)(=O)n2ccc3ccccc32)cc1. The van der Waals surface area contributed by atoms with Gasteiger partial charge in [0, 0.05) is 23.3 Å². The van der Waals surface area contributed by atoms with E-state index in [0.29, 0.717) is 11.2 Å². The molecule has 0 aliphatic heterocycles. The topological polar surface area (TPSA) is 68.2 Å². The minimum Gasteiger partial charge on any atom is -0.323 e. The quantitative estimate of drug-likeness (QED) is 0.474. The highest BCUT2D eigenvalue weighted by Crippen LogP contribution is 2.23. The molecule has 0 saturated carbocycles. The number of carbonyl (C=O) groups is 1. The van der Waals surface area contributed by atoms with Crippen LogP contribution in [0.5, 0.6) is 0 Å². The number of para-hydroxylation sites is 1. The molecule has 5 nitrogen and oxygen atoms in total. The molecule has 0 aliphatic rings. The number of benzene rings is 3. The molecular weight excluding hydrogens is 396 g/mol. The van der Waals surface area contributed by atoms with Crippen LogP contribution in [0.2, 0.25) is 0 Å². The molecule has 0 radical (unpaired) electrons. The summed E-state index contributed by atoms with van der Waals surface area (Å²) in [5.74, 6) is -0.287. The first-order chi connectivity index (χ1) is 14.4. The Bertz CT molecular complexity index is 1350. The third kappa shape index (κ3) is 3.90. The average molecular weight is 417 g/mol. The summed E-state index contributed by atoms with van der Waals surface area (Å²) in [7, 11) is -3.73. The Labute approximate surface area is 175 Å². The Morgan fingerprint density at radius 2 is 1.60 bits per heavy atom. The van der Waals surface area contributed by atoms with Gasteiger partial charge in [0.2, 0.25) is 5.91 Å². The van der Waals surface area contributed by atoms with Crippen molar-refractivity contribution in [2.75, 3.05) is 5.32 Å². The van der Waals surface area contributed by atoms with Gasteiger partial charge in [-0.3, -0.25) is 4.79 Å². The molecule has 3 aromatic carbocycles. The fourth-order valence-electron chi connectivity index (χ4n) is 3.21. The van der Waals surface area contributed by atoms with Crippen LogP contribution in [0, 0.1) is 6.92 Å². The van der Waals surface area contributed by atoms with Gasteiger partial charge >= 0.3 is 0 Å². The number of nitrogens with one attached hydrogen (secondary N) is 1. The first kappa shape index (κ1) is 19.7. The van der Waals surface area contributed by atoms with E-state index in [1.807, 2.05) is 43.3 Å². The second-order valence-electron chi connectivity index (χ2n) is 6.88. The second kappa shape index (κ2) is 8.00. The molecule has 150 valence electrons. The lowest BCUT2D eigenvalue weighted by molar-refractivity contribution is -0.111. The Hall–Kier alpha value is -3.64. The summed E-state index contributed by atoms with van der Waals surface area (Å²) in [6, 6.07) is 23.0. The van der Waals surface area contributed by atoms with Gasteiger partial charge in [0.1, 0.15) is 0 Å². The molecule has 1 N–H and O–H groups in total. The fourth-order valence-corrected chi connectivity index (χ4v) is 4.57. The van der Waals surface area contributed by atoms with Crippen molar-refractivity contribution in [1.29, 1.82) is 0 Å². The van der Waals surface area contributed by atoms with Crippen LogP contribution in [-0.4, -0.2) is 18.3 Å².